The van der Waals surface area contributed by atoms with E-state index in [2.05, 4.69) is 24.4 Å². The molecule has 1 aromatic carbocycles. The molecule has 2 aromatic rings. The molecule has 1 aromatic heterocycles. The van der Waals surface area contributed by atoms with Gasteiger partial charge < -0.3 is 14.5 Å². The highest BCUT2D eigenvalue weighted by molar-refractivity contribution is 5.26. The molecule has 1 N–H and O–H groups in total. The lowest BCUT2D eigenvalue weighted by Gasteiger charge is -2.09. The fraction of sp³-hybridized carbons (Fsp3) is 0.333. The molecule has 0 unspecified atom stereocenters. The summed E-state index contributed by atoms with van der Waals surface area (Å²) in [4.78, 5) is 0. The Kier molecular flexibility index (Phi) is 4.56. The van der Waals surface area contributed by atoms with Gasteiger partial charge in [0.25, 0.3) is 0 Å². The van der Waals surface area contributed by atoms with Crippen molar-refractivity contribution in [2.45, 2.75) is 26.6 Å². The van der Waals surface area contributed by atoms with E-state index in [1.54, 1.807) is 13.4 Å². The number of rotatable bonds is 6. The second-order valence-corrected chi connectivity index (χ2v) is 4.33. The third-order valence-corrected chi connectivity index (χ3v) is 2.99. The molecule has 0 radical (unpaired) electrons. The Balaban J connectivity index is 1.92. The lowest BCUT2D eigenvalue weighted by Crippen LogP contribution is -2.14. The van der Waals surface area contributed by atoms with E-state index in [1.807, 2.05) is 18.2 Å². The molecule has 1 heterocycles. The maximum absolute atomic E-state index is 5.39. The summed E-state index contributed by atoms with van der Waals surface area (Å²) < 4.78 is 10.6. The first-order valence-electron chi connectivity index (χ1n) is 6.10. The second-order valence-electron chi connectivity index (χ2n) is 4.33. The van der Waals surface area contributed by atoms with Crippen LogP contribution in [0.25, 0.3) is 0 Å². The van der Waals surface area contributed by atoms with Crippen molar-refractivity contribution in [2.75, 3.05) is 7.11 Å². The minimum absolute atomic E-state index is 0.650. The minimum Gasteiger partial charge on any atom is -0.468 e. The Morgan fingerprint density at radius 2 is 1.89 bits per heavy atom. The molecule has 0 aliphatic heterocycles. The van der Waals surface area contributed by atoms with Crippen LogP contribution in [0.15, 0.2) is 41.0 Å². The molecule has 3 heteroatoms. The van der Waals surface area contributed by atoms with Crippen LogP contribution in [0.1, 0.15) is 22.5 Å². The zero-order valence-electron chi connectivity index (χ0n) is 10.9. The van der Waals surface area contributed by atoms with Crippen molar-refractivity contribution in [3.63, 3.8) is 0 Å². The molecule has 0 saturated heterocycles. The van der Waals surface area contributed by atoms with Crippen molar-refractivity contribution in [2.24, 2.45) is 0 Å². The lowest BCUT2D eigenvalue weighted by molar-refractivity contribution is 0.184. The number of methoxy groups -OCH3 is 1. The quantitative estimate of drug-likeness (QED) is 0.849. The standard InChI is InChI=1S/C15H19NO2/c1-12-7-8-18-15(12)10-16-9-13-5-3-4-6-14(13)11-17-2/h3-8,16H,9-11H2,1-2H3. The summed E-state index contributed by atoms with van der Waals surface area (Å²) in [6, 6.07) is 10.3. The SMILES string of the molecule is COCc1ccccc1CNCc1occc1C. The minimum atomic E-state index is 0.650. The molecule has 96 valence electrons. The molecule has 18 heavy (non-hydrogen) atoms. The number of furan rings is 1. The average molecular weight is 245 g/mol. The van der Waals surface area contributed by atoms with Crippen molar-refractivity contribution in [3.05, 3.63) is 59.0 Å². The molecule has 3 nitrogen and oxygen atoms in total. The van der Waals surface area contributed by atoms with Crippen LogP contribution >= 0.6 is 0 Å². The van der Waals surface area contributed by atoms with Crippen molar-refractivity contribution in [1.82, 2.24) is 5.32 Å². The molecule has 0 spiro atoms. The van der Waals surface area contributed by atoms with Gasteiger partial charge in [0.2, 0.25) is 0 Å². The van der Waals surface area contributed by atoms with Crippen LogP contribution in [0.2, 0.25) is 0 Å². The first kappa shape index (κ1) is 12.9. The third-order valence-electron chi connectivity index (χ3n) is 2.99. The van der Waals surface area contributed by atoms with Crippen LogP contribution in [0.3, 0.4) is 0 Å². The van der Waals surface area contributed by atoms with Crippen molar-refractivity contribution in [3.8, 4) is 0 Å². The van der Waals surface area contributed by atoms with Gasteiger partial charge in [0.1, 0.15) is 5.76 Å². The predicted molar refractivity (Wildman–Crippen MR) is 71.1 cm³/mol. The summed E-state index contributed by atoms with van der Waals surface area (Å²) in [5, 5.41) is 3.39. The van der Waals surface area contributed by atoms with Crippen LogP contribution in [0.4, 0.5) is 0 Å². The van der Waals surface area contributed by atoms with Crippen LogP contribution < -0.4 is 5.32 Å². The lowest BCUT2D eigenvalue weighted by atomic mass is 10.1. The van der Waals surface area contributed by atoms with Crippen LogP contribution in [-0.2, 0) is 24.4 Å². The Morgan fingerprint density at radius 1 is 1.11 bits per heavy atom. The summed E-state index contributed by atoms with van der Waals surface area (Å²) in [6.45, 7) is 4.27. The maximum atomic E-state index is 5.39. The fourth-order valence-corrected chi connectivity index (χ4v) is 1.92. The first-order valence-corrected chi connectivity index (χ1v) is 6.10. The van der Waals surface area contributed by atoms with E-state index in [9.17, 15) is 0 Å². The fourth-order valence-electron chi connectivity index (χ4n) is 1.92. The smallest absolute Gasteiger partial charge is 0.120 e. The van der Waals surface area contributed by atoms with Crippen LogP contribution in [0, 0.1) is 6.92 Å². The van der Waals surface area contributed by atoms with Gasteiger partial charge in [0.05, 0.1) is 19.4 Å². The monoisotopic (exact) mass is 245 g/mol. The largest absolute Gasteiger partial charge is 0.468 e. The van der Waals surface area contributed by atoms with E-state index in [0.717, 1.165) is 18.8 Å². The second kappa shape index (κ2) is 6.38. The molecular weight excluding hydrogens is 226 g/mol. The molecule has 0 aliphatic carbocycles. The summed E-state index contributed by atoms with van der Waals surface area (Å²) in [5.41, 5.74) is 3.68. The van der Waals surface area contributed by atoms with Gasteiger partial charge in [0, 0.05) is 13.7 Å². The Morgan fingerprint density at radius 3 is 2.56 bits per heavy atom. The molecule has 0 atom stereocenters. The van der Waals surface area contributed by atoms with E-state index in [-0.39, 0.29) is 0 Å². The van der Waals surface area contributed by atoms with Crippen LogP contribution in [-0.4, -0.2) is 7.11 Å². The van der Waals surface area contributed by atoms with Crippen molar-refractivity contribution in [1.29, 1.82) is 0 Å². The third kappa shape index (κ3) is 3.22. The Hall–Kier alpha value is -1.58. The van der Waals surface area contributed by atoms with Gasteiger partial charge in [0.15, 0.2) is 0 Å². The molecule has 2 rings (SSSR count). The number of ether oxygens (including phenoxy) is 1. The highest BCUT2D eigenvalue weighted by Gasteiger charge is 2.03. The van der Waals surface area contributed by atoms with E-state index in [4.69, 9.17) is 9.15 Å². The van der Waals surface area contributed by atoms with E-state index >= 15 is 0 Å². The summed E-state index contributed by atoms with van der Waals surface area (Å²) in [7, 11) is 1.72. The summed E-state index contributed by atoms with van der Waals surface area (Å²) in [5.74, 6) is 0.999. The summed E-state index contributed by atoms with van der Waals surface area (Å²) in [6.07, 6.45) is 1.73. The van der Waals surface area contributed by atoms with Gasteiger partial charge >= 0.3 is 0 Å². The maximum Gasteiger partial charge on any atom is 0.120 e. The zero-order chi connectivity index (χ0) is 12.8. The van der Waals surface area contributed by atoms with Gasteiger partial charge in [-0.25, -0.2) is 0 Å². The number of benzene rings is 1. The summed E-state index contributed by atoms with van der Waals surface area (Å²) >= 11 is 0. The number of aryl methyl sites for hydroxylation is 1. The van der Waals surface area contributed by atoms with Gasteiger partial charge in [-0.15, -0.1) is 0 Å². The first-order chi connectivity index (χ1) is 8.81. The van der Waals surface area contributed by atoms with Gasteiger partial charge in [-0.2, -0.15) is 0 Å². The molecule has 0 saturated carbocycles. The Bertz CT molecular complexity index is 491. The van der Waals surface area contributed by atoms with E-state index in [1.165, 1.54) is 16.7 Å². The molecule has 0 amide bonds. The van der Waals surface area contributed by atoms with E-state index < -0.39 is 0 Å². The molecule has 0 fully saturated rings. The topological polar surface area (TPSA) is 34.4 Å². The van der Waals surface area contributed by atoms with Crippen molar-refractivity contribution < 1.29 is 9.15 Å². The highest BCUT2D eigenvalue weighted by atomic mass is 16.5. The predicted octanol–water partition coefficient (Wildman–Crippen LogP) is 3.02. The molecule has 0 bridgehead atoms. The zero-order valence-corrected chi connectivity index (χ0v) is 10.9. The molecule has 0 aliphatic rings. The van der Waals surface area contributed by atoms with Gasteiger partial charge in [-0.05, 0) is 29.7 Å². The number of nitrogens with one attached hydrogen (secondary N) is 1. The Labute approximate surface area is 108 Å². The highest BCUT2D eigenvalue weighted by Crippen LogP contribution is 2.11. The average Bonchev–Trinajstić information content (AvgIpc) is 2.78. The molecular formula is C15H19NO2. The number of hydrogen-bond donors (Lipinski definition) is 1. The van der Waals surface area contributed by atoms with Gasteiger partial charge in [-0.3, -0.25) is 0 Å². The van der Waals surface area contributed by atoms with Gasteiger partial charge in [-0.1, -0.05) is 24.3 Å². The number of hydrogen-bond acceptors (Lipinski definition) is 3. The van der Waals surface area contributed by atoms with Crippen molar-refractivity contribution >= 4 is 0 Å². The van der Waals surface area contributed by atoms with Crippen LogP contribution in [0.5, 0.6) is 0 Å². The van der Waals surface area contributed by atoms with E-state index in [0.29, 0.717) is 6.61 Å². The normalized spacial score (nSPS) is 10.8.